The molecule has 0 aliphatic heterocycles. The number of carbonyl (C=O) groups excluding carboxylic acids is 1. The van der Waals surface area contributed by atoms with Gasteiger partial charge in [0, 0.05) is 23.6 Å². The first kappa shape index (κ1) is 13.6. The number of hydrogen-bond acceptors (Lipinski definition) is 3. The van der Waals surface area contributed by atoms with Gasteiger partial charge in [-0.05, 0) is 32.4 Å². The van der Waals surface area contributed by atoms with Gasteiger partial charge in [0.15, 0.2) is 0 Å². The van der Waals surface area contributed by atoms with Crippen molar-refractivity contribution < 1.29 is 9.53 Å². The molecule has 3 N–H and O–H groups in total. The van der Waals surface area contributed by atoms with Gasteiger partial charge in [-0.3, -0.25) is 4.79 Å². The molecule has 1 unspecified atom stereocenters. The lowest BCUT2D eigenvalue weighted by Crippen LogP contribution is -2.31. The average Bonchev–Trinajstić information content (AvgIpc) is 2.72. The summed E-state index contributed by atoms with van der Waals surface area (Å²) in [6, 6.07) is 7.85. The van der Waals surface area contributed by atoms with Crippen molar-refractivity contribution in [3.8, 4) is 0 Å². The Morgan fingerprint density at radius 3 is 2.68 bits per heavy atom. The van der Waals surface area contributed by atoms with Gasteiger partial charge in [-0.25, -0.2) is 0 Å². The number of hydrogen-bond donors (Lipinski definition) is 2. The molecule has 1 heterocycles. The fourth-order valence-electron chi connectivity index (χ4n) is 2.11. The van der Waals surface area contributed by atoms with E-state index < -0.39 is 11.5 Å². The molecule has 2 aromatic rings. The van der Waals surface area contributed by atoms with E-state index in [1.165, 1.54) is 0 Å². The maximum atomic E-state index is 12.2. The minimum absolute atomic E-state index is 0.233. The van der Waals surface area contributed by atoms with Crippen molar-refractivity contribution in [1.29, 1.82) is 0 Å². The number of esters is 1. The van der Waals surface area contributed by atoms with Crippen LogP contribution in [0.1, 0.15) is 32.3 Å². The molecule has 0 fully saturated rings. The lowest BCUT2D eigenvalue weighted by molar-refractivity contribution is -0.156. The summed E-state index contributed by atoms with van der Waals surface area (Å²) in [5.41, 5.74) is 7.15. The average molecular weight is 260 g/mol. The number of carbonyl (C=O) groups is 1. The van der Waals surface area contributed by atoms with Crippen LogP contribution in [-0.4, -0.2) is 23.1 Å². The number of H-pyrrole nitrogens is 1. The molecular formula is C15H20N2O2. The van der Waals surface area contributed by atoms with Crippen molar-refractivity contribution in [3.63, 3.8) is 0 Å². The number of ether oxygens (including phenoxy) is 1. The molecule has 1 aromatic carbocycles. The van der Waals surface area contributed by atoms with Crippen molar-refractivity contribution in [1.82, 2.24) is 4.98 Å². The van der Waals surface area contributed by atoms with E-state index in [0.717, 1.165) is 16.5 Å². The number of rotatable bonds is 3. The van der Waals surface area contributed by atoms with Crippen LogP contribution >= 0.6 is 0 Å². The van der Waals surface area contributed by atoms with Gasteiger partial charge >= 0.3 is 5.97 Å². The summed E-state index contributed by atoms with van der Waals surface area (Å²) >= 11 is 0. The maximum Gasteiger partial charge on any atom is 0.315 e. The Labute approximate surface area is 112 Å². The molecule has 4 heteroatoms. The van der Waals surface area contributed by atoms with E-state index in [1.807, 2.05) is 51.2 Å². The second-order valence-corrected chi connectivity index (χ2v) is 5.61. The maximum absolute atomic E-state index is 12.2. The number of aromatic amines is 1. The van der Waals surface area contributed by atoms with Gasteiger partial charge in [-0.1, -0.05) is 18.2 Å². The normalized spacial score (nSPS) is 13.5. The van der Waals surface area contributed by atoms with E-state index in [1.54, 1.807) is 0 Å². The van der Waals surface area contributed by atoms with Gasteiger partial charge in [-0.15, -0.1) is 0 Å². The predicted molar refractivity (Wildman–Crippen MR) is 75.9 cm³/mol. The van der Waals surface area contributed by atoms with Crippen LogP contribution in [0.3, 0.4) is 0 Å². The lowest BCUT2D eigenvalue weighted by Gasteiger charge is -2.23. The predicted octanol–water partition coefficient (Wildman–Crippen LogP) is 2.55. The largest absolute Gasteiger partial charge is 0.459 e. The van der Waals surface area contributed by atoms with Gasteiger partial charge in [0.25, 0.3) is 0 Å². The van der Waals surface area contributed by atoms with Gasteiger partial charge in [0.1, 0.15) is 5.60 Å². The Balaban J connectivity index is 2.34. The highest BCUT2D eigenvalue weighted by atomic mass is 16.6. The summed E-state index contributed by atoms with van der Waals surface area (Å²) in [5, 5.41) is 1.02. The van der Waals surface area contributed by atoms with Crippen molar-refractivity contribution in [2.24, 2.45) is 5.73 Å². The summed E-state index contributed by atoms with van der Waals surface area (Å²) in [6.45, 7) is 5.80. The number of nitrogens with one attached hydrogen (secondary N) is 1. The number of aromatic nitrogens is 1. The third kappa shape index (κ3) is 2.96. The fraction of sp³-hybridized carbons (Fsp3) is 0.400. The number of para-hydroxylation sites is 1. The Hall–Kier alpha value is -1.81. The Morgan fingerprint density at radius 2 is 2.05 bits per heavy atom. The SMILES string of the molecule is CC(C)(C)OC(=O)C(CN)c1c[nH]c2ccccc12. The fourth-order valence-corrected chi connectivity index (χ4v) is 2.11. The van der Waals surface area contributed by atoms with Crippen LogP contribution in [0.15, 0.2) is 30.5 Å². The van der Waals surface area contributed by atoms with Crippen LogP contribution in [0.2, 0.25) is 0 Å². The molecule has 0 amide bonds. The topological polar surface area (TPSA) is 68.1 Å². The Bertz CT molecular complexity index is 581. The van der Waals surface area contributed by atoms with E-state index in [0.29, 0.717) is 0 Å². The van der Waals surface area contributed by atoms with Gasteiger partial charge in [0.05, 0.1) is 5.92 Å². The molecule has 0 bridgehead atoms. The summed E-state index contributed by atoms with van der Waals surface area (Å²) in [5.74, 6) is -0.713. The monoisotopic (exact) mass is 260 g/mol. The second kappa shape index (κ2) is 5.05. The first-order chi connectivity index (χ1) is 8.92. The minimum atomic E-state index is -0.503. The smallest absolute Gasteiger partial charge is 0.315 e. The van der Waals surface area contributed by atoms with Crippen LogP contribution in [0.25, 0.3) is 10.9 Å². The first-order valence-electron chi connectivity index (χ1n) is 6.41. The summed E-state index contributed by atoms with van der Waals surface area (Å²) in [7, 11) is 0. The molecule has 0 aliphatic rings. The first-order valence-corrected chi connectivity index (χ1v) is 6.41. The molecule has 4 nitrogen and oxygen atoms in total. The molecule has 0 saturated heterocycles. The molecular weight excluding hydrogens is 240 g/mol. The zero-order valence-electron chi connectivity index (χ0n) is 11.6. The Morgan fingerprint density at radius 1 is 1.37 bits per heavy atom. The van der Waals surface area contributed by atoms with E-state index >= 15 is 0 Å². The van der Waals surface area contributed by atoms with Crippen LogP contribution in [0, 0.1) is 0 Å². The van der Waals surface area contributed by atoms with Crippen molar-refractivity contribution >= 4 is 16.9 Å². The zero-order chi connectivity index (χ0) is 14.0. The third-order valence-electron chi connectivity index (χ3n) is 2.92. The van der Waals surface area contributed by atoms with Gasteiger partial charge in [-0.2, -0.15) is 0 Å². The van der Waals surface area contributed by atoms with Crippen molar-refractivity contribution in [3.05, 3.63) is 36.0 Å². The van der Waals surface area contributed by atoms with E-state index in [4.69, 9.17) is 10.5 Å². The lowest BCUT2D eigenvalue weighted by atomic mass is 9.98. The van der Waals surface area contributed by atoms with Crippen LogP contribution < -0.4 is 5.73 Å². The van der Waals surface area contributed by atoms with Crippen LogP contribution in [0.5, 0.6) is 0 Å². The molecule has 0 spiro atoms. The molecule has 2 rings (SSSR count). The van der Waals surface area contributed by atoms with E-state index in [9.17, 15) is 4.79 Å². The van der Waals surface area contributed by atoms with Gasteiger partial charge < -0.3 is 15.5 Å². The number of benzene rings is 1. The molecule has 19 heavy (non-hydrogen) atoms. The van der Waals surface area contributed by atoms with Crippen molar-refractivity contribution in [2.45, 2.75) is 32.3 Å². The molecule has 1 aromatic heterocycles. The quantitative estimate of drug-likeness (QED) is 0.833. The van der Waals surface area contributed by atoms with Gasteiger partial charge in [0.2, 0.25) is 0 Å². The summed E-state index contributed by atoms with van der Waals surface area (Å²) < 4.78 is 5.43. The highest BCUT2D eigenvalue weighted by Crippen LogP contribution is 2.27. The second-order valence-electron chi connectivity index (χ2n) is 5.61. The van der Waals surface area contributed by atoms with E-state index in [-0.39, 0.29) is 12.5 Å². The van der Waals surface area contributed by atoms with E-state index in [2.05, 4.69) is 4.98 Å². The molecule has 0 aliphatic carbocycles. The summed E-state index contributed by atoms with van der Waals surface area (Å²) in [6.07, 6.45) is 1.84. The molecule has 1 atom stereocenters. The zero-order valence-corrected chi connectivity index (χ0v) is 11.6. The molecule has 0 saturated carbocycles. The number of fused-ring (bicyclic) bond motifs is 1. The standard InChI is InChI=1S/C15H20N2O2/c1-15(2,3)19-14(18)11(8-16)12-9-17-13-7-5-4-6-10(12)13/h4-7,9,11,17H,8,16H2,1-3H3. The van der Waals surface area contributed by atoms with Crippen LogP contribution in [0.4, 0.5) is 0 Å². The molecule has 102 valence electrons. The van der Waals surface area contributed by atoms with Crippen LogP contribution in [-0.2, 0) is 9.53 Å². The van der Waals surface area contributed by atoms with Crippen molar-refractivity contribution in [2.75, 3.05) is 6.54 Å². The Kier molecular flexibility index (Phi) is 3.62. The number of nitrogens with two attached hydrogens (primary N) is 1. The third-order valence-corrected chi connectivity index (χ3v) is 2.92. The highest BCUT2D eigenvalue weighted by Gasteiger charge is 2.27. The minimum Gasteiger partial charge on any atom is -0.459 e. The molecule has 0 radical (unpaired) electrons. The highest BCUT2D eigenvalue weighted by molar-refractivity contribution is 5.90. The summed E-state index contributed by atoms with van der Waals surface area (Å²) in [4.78, 5) is 15.4.